The third kappa shape index (κ3) is 3.40. The monoisotopic (exact) mass is 270 g/mol. The maximum absolute atomic E-state index is 12.1. The van der Waals surface area contributed by atoms with Gasteiger partial charge in [-0.05, 0) is 36.5 Å². The van der Waals surface area contributed by atoms with Gasteiger partial charge in [-0.2, -0.15) is 0 Å². The summed E-state index contributed by atoms with van der Waals surface area (Å²) in [5.74, 6) is 6.14. The molecule has 3 heteroatoms. The highest BCUT2D eigenvalue weighted by molar-refractivity contribution is 5.82. The number of rotatable bonds is 3. The molecule has 3 nitrogen and oxygen atoms in total. The van der Waals surface area contributed by atoms with E-state index in [1.165, 1.54) is 0 Å². The summed E-state index contributed by atoms with van der Waals surface area (Å²) in [7, 11) is 0. The first-order valence-corrected chi connectivity index (χ1v) is 7.03. The average molecular weight is 270 g/mol. The lowest BCUT2D eigenvalue weighted by Gasteiger charge is -2.15. The van der Waals surface area contributed by atoms with Crippen molar-refractivity contribution in [3.8, 4) is 11.8 Å². The summed E-state index contributed by atoms with van der Waals surface area (Å²) in [4.78, 5) is 12.1. The van der Waals surface area contributed by atoms with E-state index in [0.29, 0.717) is 6.54 Å². The smallest absolute Gasteiger partial charge is 0.224 e. The molecular formula is C17H22N2O. The highest BCUT2D eigenvalue weighted by Gasteiger charge is 2.50. The summed E-state index contributed by atoms with van der Waals surface area (Å²) in [6.07, 6.45) is 0.985. The maximum Gasteiger partial charge on any atom is 0.224 e. The number of hydrogen-bond acceptors (Lipinski definition) is 2. The number of nitrogens with two attached hydrogens (primary N) is 1. The normalized spacial score (nSPS) is 20.5. The van der Waals surface area contributed by atoms with Gasteiger partial charge in [-0.1, -0.05) is 37.8 Å². The van der Waals surface area contributed by atoms with E-state index >= 15 is 0 Å². The molecule has 1 aromatic carbocycles. The van der Waals surface area contributed by atoms with Gasteiger partial charge in [0.25, 0.3) is 0 Å². The van der Waals surface area contributed by atoms with Crippen molar-refractivity contribution >= 4 is 5.91 Å². The Kier molecular flexibility index (Phi) is 4.15. The number of nitrogens with one attached hydrogen (secondary N) is 1. The number of amides is 1. The van der Waals surface area contributed by atoms with Gasteiger partial charge in [-0.3, -0.25) is 4.79 Å². The van der Waals surface area contributed by atoms with Crippen molar-refractivity contribution in [3.63, 3.8) is 0 Å². The fraction of sp³-hybridized carbons (Fsp3) is 0.471. The van der Waals surface area contributed by atoms with Crippen LogP contribution in [0, 0.1) is 23.2 Å². The molecule has 1 amide bonds. The second-order valence-corrected chi connectivity index (χ2v) is 6.10. The van der Waals surface area contributed by atoms with Gasteiger partial charge in [0.15, 0.2) is 0 Å². The summed E-state index contributed by atoms with van der Waals surface area (Å²) in [5.41, 5.74) is 7.55. The molecule has 0 heterocycles. The minimum atomic E-state index is 0.0235. The zero-order valence-electron chi connectivity index (χ0n) is 12.4. The Morgan fingerprint density at radius 1 is 1.45 bits per heavy atom. The number of carbonyl (C=O) groups excluding carboxylic acids is 1. The van der Waals surface area contributed by atoms with Crippen LogP contribution in [0.4, 0.5) is 0 Å². The van der Waals surface area contributed by atoms with Gasteiger partial charge in [0.05, 0.1) is 12.6 Å². The number of benzene rings is 1. The lowest BCUT2D eigenvalue weighted by molar-refractivity contribution is -0.123. The molecule has 1 saturated carbocycles. The highest BCUT2D eigenvalue weighted by Crippen LogP contribution is 2.51. The summed E-state index contributed by atoms with van der Waals surface area (Å²) in [6, 6.07) is 7.95. The first kappa shape index (κ1) is 14.6. The van der Waals surface area contributed by atoms with Crippen molar-refractivity contribution in [2.75, 3.05) is 6.54 Å². The quantitative estimate of drug-likeness (QED) is 0.827. The first-order valence-electron chi connectivity index (χ1n) is 7.03. The van der Waals surface area contributed by atoms with Gasteiger partial charge in [-0.15, -0.1) is 0 Å². The SMILES string of the molecule is CC(NC(=O)C1CC1(C)C)c1ccc(C#CCN)cc1. The molecule has 0 aromatic heterocycles. The molecule has 0 spiro atoms. The molecule has 20 heavy (non-hydrogen) atoms. The Bertz CT molecular complexity index is 549. The van der Waals surface area contributed by atoms with Crippen LogP contribution in [0.1, 0.15) is 44.4 Å². The maximum atomic E-state index is 12.1. The van der Waals surface area contributed by atoms with Crippen molar-refractivity contribution < 1.29 is 4.79 Å². The number of carbonyl (C=O) groups is 1. The third-order valence-corrected chi connectivity index (χ3v) is 3.93. The Balaban J connectivity index is 1.96. The summed E-state index contributed by atoms with van der Waals surface area (Å²) in [6.45, 7) is 6.64. The molecule has 2 atom stereocenters. The molecule has 1 fully saturated rings. The largest absolute Gasteiger partial charge is 0.349 e. The van der Waals surface area contributed by atoms with Gasteiger partial charge >= 0.3 is 0 Å². The fourth-order valence-electron chi connectivity index (χ4n) is 2.32. The molecule has 0 saturated heterocycles. The predicted molar refractivity (Wildman–Crippen MR) is 80.8 cm³/mol. The lowest BCUT2D eigenvalue weighted by atomic mass is 10.1. The molecular weight excluding hydrogens is 248 g/mol. The van der Waals surface area contributed by atoms with Gasteiger partial charge in [-0.25, -0.2) is 0 Å². The van der Waals surface area contributed by atoms with Crippen molar-refractivity contribution in [3.05, 3.63) is 35.4 Å². The van der Waals surface area contributed by atoms with Crippen LogP contribution < -0.4 is 11.1 Å². The van der Waals surface area contributed by atoms with Gasteiger partial charge in [0.2, 0.25) is 5.91 Å². The molecule has 1 aliphatic rings. The molecule has 0 aliphatic heterocycles. The third-order valence-electron chi connectivity index (χ3n) is 3.93. The predicted octanol–water partition coefficient (Wildman–Crippen LogP) is 2.22. The van der Waals surface area contributed by atoms with Crippen molar-refractivity contribution in [2.24, 2.45) is 17.1 Å². The Labute approximate surface area is 120 Å². The second kappa shape index (κ2) is 5.68. The Hall–Kier alpha value is -1.79. The van der Waals surface area contributed by atoms with E-state index in [4.69, 9.17) is 5.73 Å². The summed E-state index contributed by atoms with van der Waals surface area (Å²) >= 11 is 0. The van der Waals surface area contributed by atoms with Crippen molar-refractivity contribution in [2.45, 2.75) is 33.2 Å². The van der Waals surface area contributed by atoms with E-state index in [0.717, 1.165) is 17.5 Å². The van der Waals surface area contributed by atoms with Crippen LogP contribution in [0.2, 0.25) is 0 Å². The van der Waals surface area contributed by atoms with Gasteiger partial charge in [0.1, 0.15) is 0 Å². The van der Waals surface area contributed by atoms with Gasteiger partial charge < -0.3 is 11.1 Å². The van der Waals surface area contributed by atoms with Crippen LogP contribution in [0.5, 0.6) is 0 Å². The summed E-state index contributed by atoms with van der Waals surface area (Å²) < 4.78 is 0. The lowest BCUT2D eigenvalue weighted by Crippen LogP contribution is -2.29. The van der Waals surface area contributed by atoms with E-state index in [9.17, 15) is 4.79 Å². The second-order valence-electron chi connectivity index (χ2n) is 6.10. The summed E-state index contributed by atoms with van der Waals surface area (Å²) in [5, 5.41) is 3.08. The minimum absolute atomic E-state index is 0.0235. The van der Waals surface area contributed by atoms with Crippen LogP contribution in [0.15, 0.2) is 24.3 Å². The van der Waals surface area contributed by atoms with Crippen LogP contribution in [0.25, 0.3) is 0 Å². The Morgan fingerprint density at radius 2 is 2.05 bits per heavy atom. The van der Waals surface area contributed by atoms with Crippen LogP contribution in [-0.2, 0) is 4.79 Å². The molecule has 3 N–H and O–H groups in total. The number of hydrogen-bond donors (Lipinski definition) is 2. The molecule has 2 rings (SSSR count). The van der Waals surface area contributed by atoms with E-state index in [2.05, 4.69) is 31.0 Å². The average Bonchev–Trinajstić information content (AvgIpc) is 3.06. The first-order chi connectivity index (χ1) is 9.44. The minimum Gasteiger partial charge on any atom is -0.349 e. The molecule has 0 radical (unpaired) electrons. The highest BCUT2D eigenvalue weighted by atomic mass is 16.2. The zero-order chi connectivity index (χ0) is 14.8. The molecule has 106 valence electrons. The fourth-order valence-corrected chi connectivity index (χ4v) is 2.32. The molecule has 1 aliphatic carbocycles. The molecule has 0 bridgehead atoms. The Morgan fingerprint density at radius 3 is 2.55 bits per heavy atom. The standard InChI is InChI=1S/C17H22N2O/c1-12(19-16(20)15-11-17(15,2)3)14-8-6-13(7-9-14)5-4-10-18/h6-9,12,15H,10-11,18H2,1-3H3,(H,19,20). The van der Waals surface area contributed by atoms with Crippen LogP contribution in [-0.4, -0.2) is 12.5 Å². The van der Waals surface area contributed by atoms with E-state index in [1.807, 2.05) is 31.2 Å². The van der Waals surface area contributed by atoms with Crippen LogP contribution >= 0.6 is 0 Å². The van der Waals surface area contributed by atoms with E-state index in [-0.39, 0.29) is 23.3 Å². The van der Waals surface area contributed by atoms with Crippen LogP contribution in [0.3, 0.4) is 0 Å². The molecule has 2 unspecified atom stereocenters. The zero-order valence-corrected chi connectivity index (χ0v) is 12.4. The topological polar surface area (TPSA) is 55.1 Å². The van der Waals surface area contributed by atoms with Crippen molar-refractivity contribution in [1.82, 2.24) is 5.32 Å². The van der Waals surface area contributed by atoms with E-state index in [1.54, 1.807) is 0 Å². The van der Waals surface area contributed by atoms with E-state index < -0.39 is 0 Å². The van der Waals surface area contributed by atoms with Crippen molar-refractivity contribution in [1.29, 1.82) is 0 Å². The van der Waals surface area contributed by atoms with Gasteiger partial charge in [0, 0.05) is 11.5 Å². The molecule has 1 aromatic rings.